The second-order valence-electron chi connectivity index (χ2n) is 2.35. The maximum absolute atomic E-state index is 12.3. The van der Waals surface area contributed by atoms with Gasteiger partial charge in [-0.1, -0.05) is 0 Å². The maximum Gasteiger partial charge on any atom is 0.332 e. The predicted molar refractivity (Wildman–Crippen MR) is 47.8 cm³/mol. The average molecular weight is 259 g/mol. The van der Waals surface area contributed by atoms with Crippen molar-refractivity contribution in [1.29, 1.82) is 0 Å². The minimum absolute atomic E-state index is 0.286. The van der Waals surface area contributed by atoms with Gasteiger partial charge in [0.2, 0.25) is 0 Å². The van der Waals surface area contributed by atoms with E-state index in [1.807, 2.05) is 0 Å². The smallest absolute Gasteiger partial charge is 0.207 e. The Hall–Kier alpha value is -0.660. The van der Waals surface area contributed by atoms with Crippen LogP contribution in [0, 0.1) is 0 Å². The van der Waals surface area contributed by atoms with Gasteiger partial charge in [0.1, 0.15) is 0 Å². The molecule has 8 heteroatoms. The summed E-state index contributed by atoms with van der Waals surface area (Å²) in [6.45, 7) is 0. The molecule has 0 N–H and O–H groups in total. The minimum Gasteiger partial charge on any atom is -0.207 e. The fraction of sp³-hybridized carbons (Fsp3) is 0. The lowest BCUT2D eigenvalue weighted by molar-refractivity contribution is 0.552. The first-order valence-corrected chi connectivity index (χ1v) is 6.90. The van der Waals surface area contributed by atoms with Crippen LogP contribution in [0.2, 0.25) is 0 Å². The number of rotatable bonds is 2. The van der Waals surface area contributed by atoms with Crippen molar-refractivity contribution >= 4 is 30.0 Å². The van der Waals surface area contributed by atoms with Crippen LogP contribution in [0.1, 0.15) is 0 Å². The van der Waals surface area contributed by atoms with Crippen molar-refractivity contribution in [1.82, 2.24) is 0 Å². The minimum atomic E-state index is -4.80. The molecule has 0 bridgehead atoms. The Morgan fingerprint density at radius 3 is 1.57 bits per heavy atom. The summed E-state index contributed by atoms with van der Waals surface area (Å²) in [4.78, 5) is -0.895. The Labute approximate surface area is 85.0 Å². The topological polar surface area (TPSA) is 68.3 Å². The third-order valence-electron chi connectivity index (χ3n) is 1.39. The molecule has 0 unspecified atom stereocenters. The Morgan fingerprint density at radius 2 is 1.29 bits per heavy atom. The van der Waals surface area contributed by atoms with E-state index in [0.29, 0.717) is 0 Å². The van der Waals surface area contributed by atoms with Gasteiger partial charge in [0.05, 0.1) is 9.79 Å². The average Bonchev–Trinajstić information content (AvgIpc) is 2.01. The van der Waals surface area contributed by atoms with E-state index in [0.717, 1.165) is 24.3 Å². The van der Waals surface area contributed by atoms with Crippen LogP contribution in [0.5, 0.6) is 0 Å². The number of hydrogen-bond donors (Lipinski definition) is 0. The molecule has 1 aromatic rings. The number of hydrogen-bond acceptors (Lipinski definition) is 4. The molecule has 0 saturated heterocycles. The molecule has 0 radical (unpaired) electrons. The number of halogens is 2. The van der Waals surface area contributed by atoms with Crippen LogP contribution in [0.15, 0.2) is 34.1 Å². The monoisotopic (exact) mass is 258 g/mol. The van der Waals surface area contributed by atoms with Crippen molar-refractivity contribution in [3.8, 4) is 0 Å². The van der Waals surface area contributed by atoms with Gasteiger partial charge in [0, 0.05) is 10.7 Å². The van der Waals surface area contributed by atoms with Crippen molar-refractivity contribution in [2.45, 2.75) is 9.79 Å². The highest BCUT2D eigenvalue weighted by atomic mass is 35.7. The molecule has 0 aliphatic carbocycles. The van der Waals surface area contributed by atoms with Crippen molar-refractivity contribution in [3.05, 3.63) is 24.3 Å². The predicted octanol–water partition coefficient (Wildman–Crippen LogP) is 1.27. The van der Waals surface area contributed by atoms with Crippen molar-refractivity contribution in [3.63, 3.8) is 0 Å². The van der Waals surface area contributed by atoms with Gasteiger partial charge in [0.15, 0.2) is 0 Å². The summed E-state index contributed by atoms with van der Waals surface area (Å²) < 4.78 is 54.5. The quantitative estimate of drug-likeness (QED) is 0.749. The van der Waals surface area contributed by atoms with Crippen molar-refractivity contribution in [2.24, 2.45) is 0 Å². The molecular formula is C6H4ClFO4S2. The summed E-state index contributed by atoms with van der Waals surface area (Å²) in [6.07, 6.45) is 0. The molecule has 14 heavy (non-hydrogen) atoms. The van der Waals surface area contributed by atoms with Gasteiger partial charge in [0.25, 0.3) is 9.05 Å². The molecule has 4 nitrogen and oxygen atoms in total. The van der Waals surface area contributed by atoms with E-state index in [9.17, 15) is 20.7 Å². The summed E-state index contributed by atoms with van der Waals surface area (Å²) >= 11 is 0. The van der Waals surface area contributed by atoms with E-state index in [2.05, 4.69) is 0 Å². The fourth-order valence-electron chi connectivity index (χ4n) is 0.765. The first kappa shape index (κ1) is 11.4. The molecule has 0 aliphatic heterocycles. The molecule has 1 rings (SSSR count). The van der Waals surface area contributed by atoms with Crippen LogP contribution in [0.3, 0.4) is 0 Å². The van der Waals surface area contributed by atoms with Gasteiger partial charge in [-0.25, -0.2) is 8.42 Å². The maximum atomic E-state index is 12.3. The van der Waals surface area contributed by atoms with E-state index in [4.69, 9.17) is 10.7 Å². The first-order valence-electron chi connectivity index (χ1n) is 3.20. The largest absolute Gasteiger partial charge is 0.332 e. The van der Waals surface area contributed by atoms with Crippen LogP contribution in [-0.4, -0.2) is 16.8 Å². The van der Waals surface area contributed by atoms with E-state index in [1.54, 1.807) is 0 Å². The van der Waals surface area contributed by atoms with Crippen LogP contribution >= 0.6 is 10.7 Å². The number of benzene rings is 1. The van der Waals surface area contributed by atoms with Crippen LogP contribution < -0.4 is 0 Å². The second-order valence-corrected chi connectivity index (χ2v) is 6.26. The van der Waals surface area contributed by atoms with Gasteiger partial charge >= 0.3 is 10.2 Å². The molecular weight excluding hydrogens is 255 g/mol. The molecule has 0 atom stereocenters. The summed E-state index contributed by atoms with van der Waals surface area (Å²) in [5.74, 6) is 0. The van der Waals surface area contributed by atoms with Crippen LogP contribution in [0.4, 0.5) is 3.89 Å². The summed E-state index contributed by atoms with van der Waals surface area (Å²) in [7, 11) is -3.76. The molecule has 0 fully saturated rings. The standard InChI is InChI=1S/C6H4ClFO4S2/c7-13(9,10)5-1-3-6(4-2-5)14(8,11)12/h1-4H. The zero-order valence-electron chi connectivity index (χ0n) is 6.51. The Bertz CT molecular complexity index is 481. The molecule has 0 aliphatic rings. The van der Waals surface area contributed by atoms with Gasteiger partial charge in [-0.05, 0) is 24.3 Å². The molecule has 0 aromatic heterocycles. The fourth-order valence-corrected chi connectivity index (χ4v) is 2.00. The molecule has 0 heterocycles. The van der Waals surface area contributed by atoms with Crippen LogP contribution in [0.25, 0.3) is 0 Å². The second kappa shape index (κ2) is 3.48. The SMILES string of the molecule is O=S(=O)(F)c1ccc(S(=O)(=O)Cl)cc1. The molecule has 0 amide bonds. The van der Waals surface area contributed by atoms with Crippen molar-refractivity contribution < 1.29 is 20.7 Å². The lowest BCUT2D eigenvalue weighted by atomic mass is 10.4. The highest BCUT2D eigenvalue weighted by Gasteiger charge is 2.14. The van der Waals surface area contributed by atoms with Gasteiger partial charge in [-0.2, -0.15) is 8.42 Å². The van der Waals surface area contributed by atoms with E-state index >= 15 is 0 Å². The van der Waals surface area contributed by atoms with E-state index < -0.39 is 24.2 Å². The zero-order chi connectivity index (χ0) is 11.0. The van der Waals surface area contributed by atoms with Gasteiger partial charge in [-0.3, -0.25) is 0 Å². The van der Waals surface area contributed by atoms with Crippen molar-refractivity contribution in [2.75, 3.05) is 0 Å². The third kappa shape index (κ3) is 2.66. The van der Waals surface area contributed by atoms with Gasteiger partial charge in [-0.15, -0.1) is 3.89 Å². The molecule has 78 valence electrons. The third-order valence-corrected chi connectivity index (χ3v) is 3.59. The van der Waals surface area contributed by atoms with Crippen LogP contribution in [-0.2, 0) is 19.3 Å². The summed E-state index contributed by atoms with van der Waals surface area (Å²) in [5.41, 5.74) is 0. The first-order chi connectivity index (χ1) is 6.21. The zero-order valence-corrected chi connectivity index (χ0v) is 8.90. The Morgan fingerprint density at radius 1 is 0.929 bits per heavy atom. The lowest BCUT2D eigenvalue weighted by Crippen LogP contribution is -1.94. The highest BCUT2D eigenvalue weighted by Crippen LogP contribution is 2.18. The van der Waals surface area contributed by atoms with Gasteiger partial charge < -0.3 is 0 Å². The Kier molecular flexibility index (Phi) is 2.84. The molecule has 0 spiro atoms. The molecule has 1 aromatic carbocycles. The lowest BCUT2D eigenvalue weighted by Gasteiger charge is -1.96. The van der Waals surface area contributed by atoms with E-state index in [-0.39, 0.29) is 4.90 Å². The normalized spacial score (nSPS) is 12.7. The Balaban J connectivity index is 3.28. The highest BCUT2D eigenvalue weighted by molar-refractivity contribution is 8.13. The molecule has 0 saturated carbocycles. The van der Waals surface area contributed by atoms with E-state index in [1.165, 1.54) is 0 Å². The summed E-state index contributed by atoms with van der Waals surface area (Å²) in [5, 5.41) is 0. The summed E-state index contributed by atoms with van der Waals surface area (Å²) in [6, 6.07) is 3.47.